The molecule has 0 saturated heterocycles. The van der Waals surface area contributed by atoms with E-state index in [2.05, 4.69) is 9.97 Å². The van der Waals surface area contributed by atoms with Gasteiger partial charge >= 0.3 is 0 Å². The topological polar surface area (TPSA) is 35.0 Å². The Morgan fingerprint density at radius 1 is 1.24 bits per heavy atom. The third-order valence-electron chi connectivity index (χ3n) is 3.06. The van der Waals surface area contributed by atoms with Gasteiger partial charge in [-0.05, 0) is 45.1 Å². The van der Waals surface area contributed by atoms with Crippen LogP contribution in [0.5, 0.6) is 5.88 Å². The summed E-state index contributed by atoms with van der Waals surface area (Å²) in [5.41, 5.74) is 1.44. The average molecular weight is 248 g/mol. The Labute approximate surface area is 105 Å². The molecule has 3 rings (SSSR count). The second-order valence-corrected chi connectivity index (χ2v) is 5.82. The van der Waals surface area contributed by atoms with Crippen molar-refractivity contribution >= 4 is 21.6 Å². The molecule has 0 bridgehead atoms. The first-order chi connectivity index (χ1) is 8.25. The molecule has 0 unspecified atom stereocenters. The van der Waals surface area contributed by atoms with Crippen molar-refractivity contribution in [3.8, 4) is 5.88 Å². The molecule has 2 aromatic heterocycles. The van der Waals surface area contributed by atoms with E-state index in [4.69, 9.17) is 4.74 Å². The van der Waals surface area contributed by atoms with E-state index < -0.39 is 0 Å². The SMILES string of the molecule is CC(C)Oc1ncnc2sc3c(c12)CCCC3. The lowest BCUT2D eigenvalue weighted by Crippen LogP contribution is -2.08. The number of aryl methyl sites for hydroxylation is 2. The lowest BCUT2D eigenvalue weighted by molar-refractivity contribution is 0.235. The van der Waals surface area contributed by atoms with Crippen LogP contribution in [0.4, 0.5) is 0 Å². The van der Waals surface area contributed by atoms with Crippen molar-refractivity contribution in [1.29, 1.82) is 0 Å². The van der Waals surface area contributed by atoms with Gasteiger partial charge in [-0.15, -0.1) is 11.3 Å². The van der Waals surface area contributed by atoms with Gasteiger partial charge in [-0.3, -0.25) is 0 Å². The molecule has 0 aliphatic heterocycles. The molecule has 4 heteroatoms. The molecule has 0 spiro atoms. The van der Waals surface area contributed by atoms with Crippen LogP contribution in [0.2, 0.25) is 0 Å². The second-order valence-electron chi connectivity index (χ2n) is 4.74. The van der Waals surface area contributed by atoms with Crippen molar-refractivity contribution in [3.63, 3.8) is 0 Å². The zero-order valence-corrected chi connectivity index (χ0v) is 11.0. The Morgan fingerprint density at radius 2 is 2.06 bits per heavy atom. The molecule has 0 amide bonds. The predicted molar refractivity (Wildman–Crippen MR) is 69.8 cm³/mol. The normalized spacial score (nSPS) is 15.2. The van der Waals surface area contributed by atoms with Crippen molar-refractivity contribution in [2.24, 2.45) is 0 Å². The van der Waals surface area contributed by atoms with Gasteiger partial charge in [0.15, 0.2) is 0 Å². The van der Waals surface area contributed by atoms with E-state index in [9.17, 15) is 0 Å². The highest BCUT2D eigenvalue weighted by Gasteiger charge is 2.20. The van der Waals surface area contributed by atoms with Gasteiger partial charge < -0.3 is 4.74 Å². The molecule has 0 saturated carbocycles. The Morgan fingerprint density at radius 3 is 2.88 bits per heavy atom. The minimum Gasteiger partial charge on any atom is -0.474 e. The molecule has 2 heterocycles. The fourth-order valence-corrected chi connectivity index (χ4v) is 3.59. The van der Waals surface area contributed by atoms with Crippen molar-refractivity contribution < 1.29 is 4.74 Å². The van der Waals surface area contributed by atoms with Crippen LogP contribution < -0.4 is 4.74 Å². The van der Waals surface area contributed by atoms with Gasteiger partial charge in [-0.1, -0.05) is 0 Å². The minimum absolute atomic E-state index is 0.159. The molecule has 90 valence electrons. The standard InChI is InChI=1S/C13H16N2OS/c1-8(2)16-12-11-9-5-3-4-6-10(9)17-13(11)15-7-14-12/h7-8H,3-6H2,1-2H3. The summed E-state index contributed by atoms with van der Waals surface area (Å²) < 4.78 is 5.81. The summed E-state index contributed by atoms with van der Waals surface area (Å²) in [5.74, 6) is 0.768. The van der Waals surface area contributed by atoms with E-state index in [0.29, 0.717) is 0 Å². The molecular formula is C13H16N2OS. The van der Waals surface area contributed by atoms with E-state index in [1.54, 1.807) is 6.33 Å². The summed E-state index contributed by atoms with van der Waals surface area (Å²) in [4.78, 5) is 11.3. The zero-order valence-electron chi connectivity index (χ0n) is 10.2. The smallest absolute Gasteiger partial charge is 0.225 e. The van der Waals surface area contributed by atoms with Crippen LogP contribution in [0.1, 0.15) is 37.1 Å². The van der Waals surface area contributed by atoms with Gasteiger partial charge in [0.25, 0.3) is 0 Å². The third-order valence-corrected chi connectivity index (χ3v) is 4.26. The van der Waals surface area contributed by atoms with Crippen LogP contribution in [0.3, 0.4) is 0 Å². The minimum atomic E-state index is 0.159. The van der Waals surface area contributed by atoms with Crippen molar-refractivity contribution in [1.82, 2.24) is 9.97 Å². The van der Waals surface area contributed by atoms with E-state index >= 15 is 0 Å². The molecule has 0 N–H and O–H groups in total. The lowest BCUT2D eigenvalue weighted by Gasteiger charge is -2.13. The van der Waals surface area contributed by atoms with Gasteiger partial charge in [0, 0.05) is 4.88 Å². The summed E-state index contributed by atoms with van der Waals surface area (Å²) >= 11 is 1.81. The number of aromatic nitrogens is 2. The third kappa shape index (κ3) is 1.90. The van der Waals surface area contributed by atoms with Crippen LogP contribution >= 0.6 is 11.3 Å². The predicted octanol–water partition coefficient (Wildman–Crippen LogP) is 3.36. The highest BCUT2D eigenvalue weighted by molar-refractivity contribution is 7.18. The Balaban J connectivity index is 2.18. The molecule has 0 aromatic carbocycles. The Kier molecular flexibility index (Phi) is 2.74. The fourth-order valence-electron chi connectivity index (χ4n) is 2.37. The van der Waals surface area contributed by atoms with Crippen molar-refractivity contribution in [2.45, 2.75) is 45.6 Å². The van der Waals surface area contributed by atoms with Gasteiger partial charge in [-0.25, -0.2) is 9.97 Å². The van der Waals surface area contributed by atoms with Crippen LogP contribution in [0.25, 0.3) is 10.2 Å². The molecule has 3 nitrogen and oxygen atoms in total. The van der Waals surface area contributed by atoms with Crippen LogP contribution in [0.15, 0.2) is 6.33 Å². The van der Waals surface area contributed by atoms with E-state index in [-0.39, 0.29) is 6.10 Å². The highest BCUT2D eigenvalue weighted by atomic mass is 32.1. The number of hydrogen-bond donors (Lipinski definition) is 0. The first-order valence-electron chi connectivity index (χ1n) is 6.17. The highest BCUT2D eigenvalue weighted by Crippen LogP contribution is 2.39. The van der Waals surface area contributed by atoms with Crippen LogP contribution in [-0.4, -0.2) is 16.1 Å². The summed E-state index contributed by atoms with van der Waals surface area (Å²) in [7, 11) is 0. The van der Waals surface area contributed by atoms with Gasteiger partial charge in [0.1, 0.15) is 11.2 Å². The number of ether oxygens (including phenoxy) is 1. The zero-order chi connectivity index (χ0) is 11.8. The van der Waals surface area contributed by atoms with Crippen molar-refractivity contribution in [2.75, 3.05) is 0 Å². The van der Waals surface area contributed by atoms with E-state index in [1.165, 1.54) is 35.1 Å². The molecule has 0 atom stereocenters. The maximum atomic E-state index is 5.81. The molecule has 1 aliphatic rings. The monoisotopic (exact) mass is 248 g/mol. The number of hydrogen-bond acceptors (Lipinski definition) is 4. The lowest BCUT2D eigenvalue weighted by atomic mass is 9.97. The summed E-state index contributed by atoms with van der Waals surface area (Å²) in [6.07, 6.45) is 6.69. The fraction of sp³-hybridized carbons (Fsp3) is 0.538. The number of fused-ring (bicyclic) bond motifs is 3. The molecule has 1 aliphatic carbocycles. The maximum absolute atomic E-state index is 5.81. The Bertz CT molecular complexity index is 548. The summed E-state index contributed by atoms with van der Waals surface area (Å²) in [6, 6.07) is 0. The van der Waals surface area contributed by atoms with Crippen molar-refractivity contribution in [3.05, 3.63) is 16.8 Å². The molecule has 2 aromatic rings. The average Bonchev–Trinajstić information content (AvgIpc) is 2.67. The van der Waals surface area contributed by atoms with E-state index in [1.807, 2.05) is 25.2 Å². The number of nitrogens with zero attached hydrogens (tertiary/aromatic N) is 2. The first kappa shape index (κ1) is 11.0. The largest absolute Gasteiger partial charge is 0.474 e. The molecular weight excluding hydrogens is 232 g/mol. The van der Waals surface area contributed by atoms with Gasteiger partial charge in [0.05, 0.1) is 11.5 Å². The molecule has 0 fully saturated rings. The maximum Gasteiger partial charge on any atom is 0.225 e. The number of thiophene rings is 1. The summed E-state index contributed by atoms with van der Waals surface area (Å²) in [5, 5.41) is 1.17. The number of rotatable bonds is 2. The Hall–Kier alpha value is -1.16. The summed E-state index contributed by atoms with van der Waals surface area (Å²) in [6.45, 7) is 4.07. The van der Waals surface area contributed by atoms with Gasteiger partial charge in [0.2, 0.25) is 5.88 Å². The second kappa shape index (κ2) is 4.26. The van der Waals surface area contributed by atoms with Crippen LogP contribution in [0, 0.1) is 0 Å². The quantitative estimate of drug-likeness (QED) is 0.817. The first-order valence-corrected chi connectivity index (χ1v) is 6.99. The molecule has 0 radical (unpaired) electrons. The van der Waals surface area contributed by atoms with Gasteiger partial charge in [-0.2, -0.15) is 0 Å². The van der Waals surface area contributed by atoms with E-state index in [0.717, 1.165) is 17.1 Å². The molecule has 17 heavy (non-hydrogen) atoms. The van der Waals surface area contributed by atoms with Crippen LogP contribution in [-0.2, 0) is 12.8 Å².